The zero-order valence-corrected chi connectivity index (χ0v) is 13.7. The molecule has 4 heteroatoms. The predicted octanol–water partition coefficient (Wildman–Crippen LogP) is 2.69. The Morgan fingerprint density at radius 3 is 2.42 bits per heavy atom. The molecule has 0 saturated heterocycles. The molecule has 1 aliphatic rings. The minimum Gasteiger partial charge on any atom is -0.391 e. The van der Waals surface area contributed by atoms with Crippen LogP contribution in [0.15, 0.2) is 60.7 Å². The SMILES string of the molecule is O=C(NCC(O)Cc1ccccc1)NCC1CC1c1ccccc1. The van der Waals surface area contributed by atoms with E-state index in [9.17, 15) is 9.90 Å². The second-order valence-electron chi connectivity index (χ2n) is 6.45. The Kier molecular flexibility index (Phi) is 5.49. The van der Waals surface area contributed by atoms with Crippen molar-refractivity contribution in [3.8, 4) is 0 Å². The van der Waals surface area contributed by atoms with E-state index >= 15 is 0 Å². The van der Waals surface area contributed by atoms with E-state index in [-0.39, 0.29) is 12.6 Å². The molecule has 1 aliphatic carbocycles. The maximum Gasteiger partial charge on any atom is 0.314 e. The molecular weight excluding hydrogens is 300 g/mol. The van der Waals surface area contributed by atoms with Crippen molar-refractivity contribution in [2.24, 2.45) is 5.92 Å². The smallest absolute Gasteiger partial charge is 0.314 e. The van der Waals surface area contributed by atoms with Gasteiger partial charge in [0.25, 0.3) is 0 Å². The van der Waals surface area contributed by atoms with Crippen LogP contribution in [0.5, 0.6) is 0 Å². The van der Waals surface area contributed by atoms with Gasteiger partial charge < -0.3 is 15.7 Å². The number of benzene rings is 2. The number of hydrogen-bond donors (Lipinski definition) is 3. The van der Waals surface area contributed by atoms with Crippen LogP contribution in [-0.2, 0) is 6.42 Å². The molecule has 3 atom stereocenters. The monoisotopic (exact) mass is 324 g/mol. The number of aliphatic hydroxyl groups excluding tert-OH is 1. The molecular formula is C20H24N2O2. The Hall–Kier alpha value is -2.33. The molecule has 24 heavy (non-hydrogen) atoms. The number of rotatable bonds is 7. The van der Waals surface area contributed by atoms with E-state index in [1.54, 1.807) is 0 Å². The Balaban J connectivity index is 1.32. The maximum atomic E-state index is 11.8. The molecule has 3 unspecified atom stereocenters. The lowest BCUT2D eigenvalue weighted by Crippen LogP contribution is -2.41. The fourth-order valence-corrected chi connectivity index (χ4v) is 3.04. The molecule has 2 aromatic rings. The van der Waals surface area contributed by atoms with Gasteiger partial charge in [0.1, 0.15) is 0 Å². The molecule has 1 fully saturated rings. The van der Waals surface area contributed by atoms with Crippen molar-refractivity contribution in [1.82, 2.24) is 10.6 Å². The summed E-state index contributed by atoms with van der Waals surface area (Å²) in [5.41, 5.74) is 2.42. The van der Waals surface area contributed by atoms with Gasteiger partial charge in [-0.25, -0.2) is 4.79 Å². The highest BCUT2D eigenvalue weighted by Gasteiger charge is 2.37. The number of carbonyl (C=O) groups is 1. The number of hydrogen-bond acceptors (Lipinski definition) is 2. The highest BCUT2D eigenvalue weighted by Crippen LogP contribution is 2.46. The van der Waals surface area contributed by atoms with Gasteiger partial charge in [-0.15, -0.1) is 0 Å². The molecule has 0 aliphatic heterocycles. The quantitative estimate of drug-likeness (QED) is 0.733. The van der Waals surface area contributed by atoms with E-state index in [0.29, 0.717) is 24.8 Å². The van der Waals surface area contributed by atoms with Crippen LogP contribution in [0.2, 0.25) is 0 Å². The van der Waals surface area contributed by atoms with Gasteiger partial charge in [-0.2, -0.15) is 0 Å². The third-order valence-electron chi connectivity index (χ3n) is 4.49. The fraction of sp³-hybridized carbons (Fsp3) is 0.350. The first kappa shape index (κ1) is 16.5. The Morgan fingerprint density at radius 2 is 1.71 bits per heavy atom. The third-order valence-corrected chi connectivity index (χ3v) is 4.49. The summed E-state index contributed by atoms with van der Waals surface area (Å²) in [7, 11) is 0. The number of amides is 2. The maximum absolute atomic E-state index is 11.8. The second kappa shape index (κ2) is 7.97. The van der Waals surface area contributed by atoms with Crippen molar-refractivity contribution in [1.29, 1.82) is 0 Å². The summed E-state index contributed by atoms with van der Waals surface area (Å²) in [6, 6.07) is 20.0. The average molecular weight is 324 g/mol. The molecule has 4 nitrogen and oxygen atoms in total. The van der Waals surface area contributed by atoms with Crippen molar-refractivity contribution in [3.05, 3.63) is 71.8 Å². The topological polar surface area (TPSA) is 61.4 Å². The molecule has 2 aromatic carbocycles. The molecule has 0 aromatic heterocycles. The summed E-state index contributed by atoms with van der Waals surface area (Å²) in [4.78, 5) is 11.8. The largest absolute Gasteiger partial charge is 0.391 e. The molecule has 3 rings (SSSR count). The fourth-order valence-electron chi connectivity index (χ4n) is 3.04. The second-order valence-corrected chi connectivity index (χ2v) is 6.45. The van der Waals surface area contributed by atoms with E-state index in [1.165, 1.54) is 5.56 Å². The molecule has 3 N–H and O–H groups in total. The van der Waals surface area contributed by atoms with Gasteiger partial charge in [0.2, 0.25) is 0 Å². The van der Waals surface area contributed by atoms with Gasteiger partial charge in [-0.1, -0.05) is 60.7 Å². The number of nitrogens with one attached hydrogen (secondary N) is 2. The number of aliphatic hydroxyl groups is 1. The van der Waals surface area contributed by atoms with Gasteiger partial charge in [0.15, 0.2) is 0 Å². The summed E-state index contributed by atoms with van der Waals surface area (Å²) in [5, 5.41) is 15.6. The number of urea groups is 1. The van der Waals surface area contributed by atoms with Crippen LogP contribution in [0.3, 0.4) is 0 Å². The van der Waals surface area contributed by atoms with Gasteiger partial charge in [0, 0.05) is 19.5 Å². The predicted molar refractivity (Wildman–Crippen MR) is 94.8 cm³/mol. The van der Waals surface area contributed by atoms with E-state index in [1.807, 2.05) is 36.4 Å². The van der Waals surface area contributed by atoms with Crippen molar-refractivity contribution in [2.75, 3.05) is 13.1 Å². The highest BCUT2D eigenvalue weighted by atomic mass is 16.3. The minimum absolute atomic E-state index is 0.208. The number of carbonyl (C=O) groups excluding carboxylic acids is 1. The summed E-state index contributed by atoms with van der Waals surface area (Å²) >= 11 is 0. The van der Waals surface area contributed by atoms with Crippen molar-refractivity contribution >= 4 is 6.03 Å². The summed E-state index contributed by atoms with van der Waals surface area (Å²) in [6.45, 7) is 0.938. The zero-order chi connectivity index (χ0) is 16.8. The average Bonchev–Trinajstić information content (AvgIpc) is 3.39. The minimum atomic E-state index is -0.573. The third kappa shape index (κ3) is 4.83. The first-order valence-corrected chi connectivity index (χ1v) is 8.51. The lowest BCUT2D eigenvalue weighted by molar-refractivity contribution is 0.170. The van der Waals surface area contributed by atoms with Gasteiger partial charge >= 0.3 is 6.03 Å². The molecule has 2 amide bonds. The molecule has 0 spiro atoms. The van der Waals surface area contributed by atoms with Gasteiger partial charge in [-0.05, 0) is 29.4 Å². The molecule has 1 saturated carbocycles. The van der Waals surface area contributed by atoms with Crippen LogP contribution in [0, 0.1) is 5.92 Å². The Morgan fingerprint density at radius 1 is 1.04 bits per heavy atom. The summed E-state index contributed by atoms with van der Waals surface area (Å²) in [6.07, 6.45) is 1.09. The molecule has 126 valence electrons. The normalized spacial score (nSPS) is 20.2. The summed E-state index contributed by atoms with van der Waals surface area (Å²) < 4.78 is 0. The van der Waals surface area contributed by atoms with Crippen LogP contribution in [0.1, 0.15) is 23.5 Å². The standard InChI is InChI=1S/C20H24N2O2/c23-18(11-15-7-3-1-4-8-15)14-22-20(24)21-13-17-12-19(17)16-9-5-2-6-10-16/h1-10,17-19,23H,11-14H2,(H2,21,22,24). The van der Waals surface area contributed by atoms with E-state index in [2.05, 4.69) is 34.9 Å². The first-order chi connectivity index (χ1) is 11.7. The van der Waals surface area contributed by atoms with Crippen LogP contribution < -0.4 is 10.6 Å². The molecule has 0 radical (unpaired) electrons. The summed E-state index contributed by atoms with van der Waals surface area (Å²) in [5.74, 6) is 1.09. The lowest BCUT2D eigenvalue weighted by Gasteiger charge is -2.12. The molecule has 0 bridgehead atoms. The van der Waals surface area contributed by atoms with Crippen molar-refractivity contribution < 1.29 is 9.90 Å². The van der Waals surface area contributed by atoms with Crippen LogP contribution >= 0.6 is 0 Å². The van der Waals surface area contributed by atoms with E-state index < -0.39 is 6.10 Å². The lowest BCUT2D eigenvalue weighted by atomic mass is 10.1. The van der Waals surface area contributed by atoms with Crippen molar-refractivity contribution in [3.63, 3.8) is 0 Å². The zero-order valence-electron chi connectivity index (χ0n) is 13.7. The Labute approximate surface area is 142 Å². The molecule has 0 heterocycles. The van der Waals surface area contributed by atoms with E-state index in [4.69, 9.17) is 0 Å². The Bertz CT molecular complexity index is 637. The van der Waals surface area contributed by atoms with Crippen LogP contribution in [0.4, 0.5) is 4.79 Å². The van der Waals surface area contributed by atoms with Crippen LogP contribution in [-0.4, -0.2) is 30.3 Å². The van der Waals surface area contributed by atoms with E-state index in [0.717, 1.165) is 12.0 Å². The van der Waals surface area contributed by atoms with Crippen molar-refractivity contribution in [2.45, 2.75) is 24.9 Å². The first-order valence-electron chi connectivity index (χ1n) is 8.51. The van der Waals surface area contributed by atoms with Gasteiger partial charge in [0.05, 0.1) is 6.10 Å². The highest BCUT2D eigenvalue weighted by molar-refractivity contribution is 5.73. The van der Waals surface area contributed by atoms with Gasteiger partial charge in [-0.3, -0.25) is 0 Å². The van der Waals surface area contributed by atoms with Crippen LogP contribution in [0.25, 0.3) is 0 Å².